The minimum atomic E-state index is 0.0140. The standard InChI is InChI=1S/C20H22N2O/c1-21-13-11-15(12-14-21)19-17-9-5-6-10-18(17)22(20(19)23)16-7-3-2-4-8-16/h2-10,15,19H,11-14H2,1H3. The number of piperidine rings is 1. The summed E-state index contributed by atoms with van der Waals surface area (Å²) in [6.07, 6.45) is 2.20. The Labute approximate surface area is 137 Å². The Morgan fingerprint density at radius 2 is 1.57 bits per heavy atom. The van der Waals surface area contributed by atoms with Gasteiger partial charge in [-0.2, -0.15) is 0 Å². The third-order valence-corrected chi connectivity index (χ3v) is 5.25. The Morgan fingerprint density at radius 1 is 0.913 bits per heavy atom. The van der Waals surface area contributed by atoms with Crippen molar-refractivity contribution in [1.29, 1.82) is 0 Å². The normalized spacial score (nSPS) is 22.4. The molecule has 0 radical (unpaired) electrons. The van der Waals surface area contributed by atoms with Crippen LogP contribution < -0.4 is 4.90 Å². The van der Waals surface area contributed by atoms with Gasteiger partial charge in [0.15, 0.2) is 0 Å². The largest absolute Gasteiger partial charge is 0.306 e. The van der Waals surface area contributed by atoms with Crippen molar-refractivity contribution < 1.29 is 4.79 Å². The van der Waals surface area contributed by atoms with Crippen molar-refractivity contribution in [3.8, 4) is 0 Å². The first-order valence-electron chi connectivity index (χ1n) is 8.42. The minimum Gasteiger partial charge on any atom is -0.306 e. The number of amides is 1. The van der Waals surface area contributed by atoms with Crippen LogP contribution >= 0.6 is 0 Å². The van der Waals surface area contributed by atoms with Gasteiger partial charge in [0.2, 0.25) is 5.91 Å². The lowest BCUT2D eigenvalue weighted by Gasteiger charge is -2.32. The molecule has 0 aliphatic carbocycles. The second kappa shape index (κ2) is 5.82. The summed E-state index contributed by atoms with van der Waals surface area (Å²) in [5, 5.41) is 0. The van der Waals surface area contributed by atoms with E-state index in [9.17, 15) is 4.79 Å². The number of likely N-dealkylation sites (tertiary alicyclic amines) is 1. The molecule has 118 valence electrons. The molecule has 0 N–H and O–H groups in total. The molecule has 2 aliphatic heterocycles. The molecule has 0 aromatic heterocycles. The smallest absolute Gasteiger partial charge is 0.239 e. The van der Waals surface area contributed by atoms with Gasteiger partial charge in [0.05, 0.1) is 11.6 Å². The molecule has 0 spiro atoms. The molecule has 3 nitrogen and oxygen atoms in total. The number of fused-ring (bicyclic) bond motifs is 1. The molecule has 1 amide bonds. The van der Waals surface area contributed by atoms with Gasteiger partial charge in [-0.15, -0.1) is 0 Å². The summed E-state index contributed by atoms with van der Waals surface area (Å²) >= 11 is 0. The molecule has 1 unspecified atom stereocenters. The molecular weight excluding hydrogens is 284 g/mol. The number of carbonyl (C=O) groups excluding carboxylic acids is 1. The van der Waals surface area contributed by atoms with Crippen LogP contribution in [0.15, 0.2) is 54.6 Å². The van der Waals surface area contributed by atoms with E-state index in [0.29, 0.717) is 5.92 Å². The SMILES string of the molecule is CN1CCC(C2C(=O)N(c3ccccc3)c3ccccc32)CC1. The molecule has 4 rings (SSSR count). The summed E-state index contributed by atoms with van der Waals surface area (Å²) in [4.78, 5) is 17.5. The predicted molar refractivity (Wildman–Crippen MR) is 93.0 cm³/mol. The van der Waals surface area contributed by atoms with Crippen LogP contribution in [-0.2, 0) is 4.79 Å². The summed E-state index contributed by atoms with van der Waals surface area (Å²) < 4.78 is 0. The van der Waals surface area contributed by atoms with Crippen molar-refractivity contribution in [2.75, 3.05) is 25.0 Å². The van der Waals surface area contributed by atoms with E-state index in [-0.39, 0.29) is 11.8 Å². The van der Waals surface area contributed by atoms with Gasteiger partial charge in [0.1, 0.15) is 0 Å². The number of rotatable bonds is 2. The number of carbonyl (C=O) groups is 1. The molecule has 0 saturated carbocycles. The van der Waals surface area contributed by atoms with E-state index in [2.05, 4.69) is 30.1 Å². The molecular formula is C20H22N2O. The lowest BCUT2D eigenvalue weighted by molar-refractivity contribution is -0.120. The van der Waals surface area contributed by atoms with Gasteiger partial charge in [-0.25, -0.2) is 0 Å². The zero-order chi connectivity index (χ0) is 15.8. The van der Waals surface area contributed by atoms with E-state index in [4.69, 9.17) is 0 Å². The first-order valence-corrected chi connectivity index (χ1v) is 8.42. The number of hydrogen-bond donors (Lipinski definition) is 0. The van der Waals surface area contributed by atoms with Gasteiger partial charge in [-0.1, -0.05) is 36.4 Å². The second-order valence-corrected chi connectivity index (χ2v) is 6.69. The van der Waals surface area contributed by atoms with Gasteiger partial charge in [-0.3, -0.25) is 9.69 Å². The van der Waals surface area contributed by atoms with Gasteiger partial charge in [-0.05, 0) is 62.7 Å². The number of para-hydroxylation sites is 2. The molecule has 2 aliphatic rings. The Balaban J connectivity index is 1.73. The summed E-state index contributed by atoms with van der Waals surface area (Å²) in [5.41, 5.74) is 3.24. The fourth-order valence-corrected chi connectivity index (χ4v) is 4.01. The van der Waals surface area contributed by atoms with Crippen LogP contribution in [0.2, 0.25) is 0 Å². The molecule has 1 saturated heterocycles. The Kier molecular flexibility index (Phi) is 3.66. The molecule has 2 aromatic carbocycles. The molecule has 23 heavy (non-hydrogen) atoms. The zero-order valence-electron chi connectivity index (χ0n) is 13.5. The van der Waals surface area contributed by atoms with E-state index in [1.54, 1.807) is 0 Å². The first-order chi connectivity index (χ1) is 11.3. The fraction of sp³-hybridized carbons (Fsp3) is 0.350. The van der Waals surface area contributed by atoms with E-state index in [1.807, 2.05) is 41.3 Å². The number of hydrogen-bond acceptors (Lipinski definition) is 2. The third-order valence-electron chi connectivity index (χ3n) is 5.25. The molecule has 3 heteroatoms. The Bertz CT molecular complexity index is 705. The molecule has 1 atom stereocenters. The van der Waals surface area contributed by atoms with Crippen molar-refractivity contribution in [1.82, 2.24) is 4.90 Å². The van der Waals surface area contributed by atoms with Crippen LogP contribution in [0, 0.1) is 5.92 Å². The maximum atomic E-state index is 13.3. The highest BCUT2D eigenvalue weighted by Gasteiger charge is 2.42. The second-order valence-electron chi connectivity index (χ2n) is 6.69. The number of nitrogens with zero attached hydrogens (tertiary/aromatic N) is 2. The molecule has 2 aromatic rings. The summed E-state index contributed by atoms with van der Waals surface area (Å²) in [5.74, 6) is 0.709. The molecule has 1 fully saturated rings. The summed E-state index contributed by atoms with van der Waals surface area (Å²) in [6, 6.07) is 18.3. The van der Waals surface area contributed by atoms with Crippen LogP contribution in [0.4, 0.5) is 11.4 Å². The number of anilines is 2. The lowest BCUT2D eigenvalue weighted by atomic mass is 9.81. The average molecular weight is 306 g/mol. The predicted octanol–water partition coefficient (Wildman–Crippen LogP) is 3.79. The first kappa shape index (κ1) is 14.5. The highest BCUT2D eigenvalue weighted by atomic mass is 16.2. The maximum Gasteiger partial charge on any atom is 0.239 e. The zero-order valence-corrected chi connectivity index (χ0v) is 13.5. The van der Waals surface area contributed by atoms with Crippen molar-refractivity contribution in [2.24, 2.45) is 5.92 Å². The van der Waals surface area contributed by atoms with Crippen LogP contribution in [0.5, 0.6) is 0 Å². The summed E-state index contributed by atoms with van der Waals surface area (Å²) in [7, 11) is 2.16. The Hall–Kier alpha value is -2.13. The molecule has 2 heterocycles. The van der Waals surface area contributed by atoms with E-state index < -0.39 is 0 Å². The Morgan fingerprint density at radius 3 is 2.30 bits per heavy atom. The van der Waals surface area contributed by atoms with Crippen LogP contribution in [-0.4, -0.2) is 30.9 Å². The van der Waals surface area contributed by atoms with E-state index in [0.717, 1.165) is 37.3 Å². The van der Waals surface area contributed by atoms with Crippen molar-refractivity contribution in [3.05, 3.63) is 60.2 Å². The summed E-state index contributed by atoms with van der Waals surface area (Å²) in [6.45, 7) is 2.17. The number of benzene rings is 2. The monoisotopic (exact) mass is 306 g/mol. The van der Waals surface area contributed by atoms with Gasteiger partial charge in [0, 0.05) is 5.69 Å². The van der Waals surface area contributed by atoms with Crippen molar-refractivity contribution in [3.63, 3.8) is 0 Å². The van der Waals surface area contributed by atoms with Crippen molar-refractivity contribution >= 4 is 17.3 Å². The quantitative estimate of drug-likeness (QED) is 0.843. The van der Waals surface area contributed by atoms with Gasteiger partial charge < -0.3 is 4.90 Å². The van der Waals surface area contributed by atoms with E-state index in [1.165, 1.54) is 5.56 Å². The van der Waals surface area contributed by atoms with E-state index >= 15 is 0 Å². The lowest BCUT2D eigenvalue weighted by Crippen LogP contribution is -2.36. The third kappa shape index (κ3) is 2.45. The van der Waals surface area contributed by atoms with Crippen molar-refractivity contribution in [2.45, 2.75) is 18.8 Å². The topological polar surface area (TPSA) is 23.6 Å². The minimum absolute atomic E-state index is 0.0140. The van der Waals surface area contributed by atoms with Crippen LogP contribution in [0.25, 0.3) is 0 Å². The van der Waals surface area contributed by atoms with Gasteiger partial charge >= 0.3 is 0 Å². The fourth-order valence-electron chi connectivity index (χ4n) is 4.01. The van der Waals surface area contributed by atoms with Gasteiger partial charge in [0.25, 0.3) is 0 Å². The molecule has 0 bridgehead atoms. The average Bonchev–Trinajstić information content (AvgIpc) is 2.88. The highest BCUT2D eigenvalue weighted by molar-refractivity contribution is 6.10. The van der Waals surface area contributed by atoms with Crippen LogP contribution in [0.3, 0.4) is 0 Å². The maximum absolute atomic E-state index is 13.3. The van der Waals surface area contributed by atoms with Crippen LogP contribution in [0.1, 0.15) is 24.3 Å². The highest BCUT2D eigenvalue weighted by Crippen LogP contribution is 2.47.